The van der Waals surface area contributed by atoms with E-state index in [1.54, 1.807) is 4.90 Å². The molecule has 3 rings (SSSR count). The van der Waals surface area contributed by atoms with Crippen LogP contribution in [0.5, 0.6) is 0 Å². The van der Waals surface area contributed by atoms with Gasteiger partial charge in [-0.3, -0.25) is 14.9 Å². The van der Waals surface area contributed by atoms with Crippen LogP contribution in [0.4, 0.5) is 16.0 Å². The third kappa shape index (κ3) is 3.87. The predicted octanol–water partition coefficient (Wildman–Crippen LogP) is 1.88. The topological polar surface area (TPSA) is 92.5 Å². The molecular weight excluding hydrogens is 329 g/mol. The van der Waals surface area contributed by atoms with Crippen molar-refractivity contribution in [1.29, 1.82) is 0 Å². The number of carbonyl (C=O) groups is 1. The molecule has 1 aliphatic rings. The molecule has 0 aliphatic carbocycles. The van der Waals surface area contributed by atoms with Crippen LogP contribution >= 0.6 is 0 Å². The lowest BCUT2D eigenvalue weighted by Crippen LogP contribution is -2.35. The van der Waals surface area contributed by atoms with Gasteiger partial charge < -0.3 is 9.80 Å². The summed E-state index contributed by atoms with van der Waals surface area (Å²) in [6, 6.07) is 5.48. The third-order valence-electron chi connectivity index (χ3n) is 3.99. The molecule has 0 saturated carbocycles. The second-order valence-electron chi connectivity index (χ2n) is 5.64. The van der Waals surface area contributed by atoms with Crippen LogP contribution in [-0.2, 0) is 0 Å². The molecule has 1 fully saturated rings. The Balaban J connectivity index is 1.66. The number of hydrogen-bond acceptors (Lipinski definition) is 6. The lowest BCUT2D eigenvalue weighted by molar-refractivity contribution is -0.385. The van der Waals surface area contributed by atoms with Crippen molar-refractivity contribution in [2.75, 3.05) is 31.1 Å². The molecule has 130 valence electrons. The summed E-state index contributed by atoms with van der Waals surface area (Å²) in [4.78, 5) is 34.3. The average Bonchev–Trinajstić information content (AvgIpc) is 2.88. The molecule has 1 aliphatic heterocycles. The maximum atomic E-state index is 13.0. The maximum Gasteiger partial charge on any atom is 0.305 e. The normalized spacial score (nSPS) is 14.9. The van der Waals surface area contributed by atoms with Crippen LogP contribution in [0.2, 0.25) is 0 Å². The fourth-order valence-corrected chi connectivity index (χ4v) is 2.67. The molecule has 1 amide bonds. The lowest BCUT2D eigenvalue weighted by atomic mass is 10.2. The van der Waals surface area contributed by atoms with Crippen molar-refractivity contribution in [2.24, 2.45) is 0 Å². The summed E-state index contributed by atoms with van der Waals surface area (Å²) < 4.78 is 13.0. The number of nitro groups is 1. The molecule has 25 heavy (non-hydrogen) atoms. The molecule has 0 unspecified atom stereocenters. The Kier molecular flexibility index (Phi) is 4.82. The highest BCUT2D eigenvalue weighted by molar-refractivity contribution is 5.94. The zero-order chi connectivity index (χ0) is 17.8. The maximum absolute atomic E-state index is 13.0. The van der Waals surface area contributed by atoms with E-state index in [0.29, 0.717) is 44.1 Å². The van der Waals surface area contributed by atoms with Crippen LogP contribution in [0.3, 0.4) is 0 Å². The van der Waals surface area contributed by atoms with Gasteiger partial charge in [0.25, 0.3) is 5.91 Å². The number of amides is 1. The number of aromatic nitrogens is 2. The molecule has 2 aromatic rings. The van der Waals surface area contributed by atoms with Crippen molar-refractivity contribution in [3.63, 3.8) is 0 Å². The average molecular weight is 345 g/mol. The molecule has 0 bridgehead atoms. The van der Waals surface area contributed by atoms with E-state index in [-0.39, 0.29) is 17.4 Å². The highest BCUT2D eigenvalue weighted by atomic mass is 19.1. The molecule has 1 aromatic carbocycles. The zero-order valence-corrected chi connectivity index (χ0v) is 13.3. The fourth-order valence-electron chi connectivity index (χ4n) is 2.67. The van der Waals surface area contributed by atoms with Crippen molar-refractivity contribution in [3.05, 3.63) is 58.2 Å². The SMILES string of the molecule is O=C(c1ccc(F)cc1)N1CCCN(c2ncc([N+](=O)[O-])cn2)CC1. The second-order valence-corrected chi connectivity index (χ2v) is 5.64. The largest absolute Gasteiger partial charge is 0.339 e. The standard InChI is InChI=1S/C16H16FN5O3/c17-13-4-2-12(3-5-13)15(23)20-6-1-7-21(9-8-20)16-18-10-14(11-19-16)22(24)25/h2-5,10-11H,1,6-9H2. The lowest BCUT2D eigenvalue weighted by Gasteiger charge is -2.22. The first-order valence-corrected chi connectivity index (χ1v) is 7.81. The first kappa shape index (κ1) is 16.7. The number of carbonyl (C=O) groups excluding carboxylic acids is 1. The molecule has 1 saturated heterocycles. The van der Waals surface area contributed by atoms with Gasteiger partial charge in [-0.2, -0.15) is 0 Å². The molecule has 0 atom stereocenters. The minimum absolute atomic E-state index is 0.147. The molecule has 2 heterocycles. The van der Waals surface area contributed by atoms with Gasteiger partial charge in [0.05, 0.1) is 4.92 Å². The molecular formula is C16H16FN5O3. The predicted molar refractivity (Wildman–Crippen MR) is 87.8 cm³/mol. The Hall–Kier alpha value is -3.10. The van der Waals surface area contributed by atoms with E-state index in [1.165, 1.54) is 36.7 Å². The van der Waals surface area contributed by atoms with Crippen molar-refractivity contribution in [1.82, 2.24) is 14.9 Å². The fraction of sp³-hybridized carbons (Fsp3) is 0.312. The Morgan fingerprint density at radius 3 is 2.40 bits per heavy atom. The molecule has 0 N–H and O–H groups in total. The summed E-state index contributed by atoms with van der Waals surface area (Å²) in [6.45, 7) is 2.20. The first-order valence-electron chi connectivity index (χ1n) is 7.81. The van der Waals surface area contributed by atoms with Crippen LogP contribution in [-0.4, -0.2) is 51.9 Å². The molecule has 9 heteroatoms. The van der Waals surface area contributed by atoms with Gasteiger partial charge in [-0.25, -0.2) is 14.4 Å². The number of nitrogens with zero attached hydrogens (tertiary/aromatic N) is 5. The van der Waals surface area contributed by atoms with Crippen LogP contribution in [0.1, 0.15) is 16.8 Å². The summed E-state index contributed by atoms with van der Waals surface area (Å²) >= 11 is 0. The highest BCUT2D eigenvalue weighted by Gasteiger charge is 2.22. The van der Waals surface area contributed by atoms with Crippen LogP contribution in [0, 0.1) is 15.9 Å². The second kappa shape index (κ2) is 7.20. The number of hydrogen-bond donors (Lipinski definition) is 0. The minimum Gasteiger partial charge on any atom is -0.339 e. The van der Waals surface area contributed by atoms with Crippen LogP contribution in [0.25, 0.3) is 0 Å². The van der Waals surface area contributed by atoms with Crippen LogP contribution in [0.15, 0.2) is 36.7 Å². The van der Waals surface area contributed by atoms with Gasteiger partial charge in [-0.1, -0.05) is 0 Å². The summed E-state index contributed by atoms with van der Waals surface area (Å²) in [7, 11) is 0. The quantitative estimate of drug-likeness (QED) is 0.623. The van der Waals surface area contributed by atoms with E-state index in [2.05, 4.69) is 9.97 Å². The number of benzene rings is 1. The number of anilines is 1. The van der Waals surface area contributed by atoms with E-state index in [0.717, 1.165) is 0 Å². The van der Waals surface area contributed by atoms with Gasteiger partial charge >= 0.3 is 5.69 Å². The first-order chi connectivity index (χ1) is 12.0. The van der Waals surface area contributed by atoms with Gasteiger partial charge in [-0.05, 0) is 30.7 Å². The Labute approximate surface area is 143 Å². The van der Waals surface area contributed by atoms with Crippen molar-refractivity contribution in [2.45, 2.75) is 6.42 Å². The highest BCUT2D eigenvalue weighted by Crippen LogP contribution is 2.15. The van der Waals surface area contributed by atoms with Crippen molar-refractivity contribution in [3.8, 4) is 0 Å². The van der Waals surface area contributed by atoms with Gasteiger partial charge in [0.2, 0.25) is 5.95 Å². The molecule has 1 aromatic heterocycles. The number of rotatable bonds is 3. The molecule has 8 nitrogen and oxygen atoms in total. The smallest absolute Gasteiger partial charge is 0.305 e. The van der Waals surface area contributed by atoms with Gasteiger partial charge in [0.15, 0.2) is 0 Å². The van der Waals surface area contributed by atoms with Gasteiger partial charge in [-0.15, -0.1) is 0 Å². The Bertz CT molecular complexity index is 766. The minimum atomic E-state index is -0.546. The van der Waals surface area contributed by atoms with E-state index >= 15 is 0 Å². The summed E-state index contributed by atoms with van der Waals surface area (Å²) in [5.41, 5.74) is 0.285. The van der Waals surface area contributed by atoms with E-state index < -0.39 is 4.92 Å². The third-order valence-corrected chi connectivity index (χ3v) is 3.99. The summed E-state index contributed by atoms with van der Waals surface area (Å²) in [5, 5.41) is 10.7. The summed E-state index contributed by atoms with van der Waals surface area (Å²) in [5.74, 6) is -0.123. The van der Waals surface area contributed by atoms with E-state index in [4.69, 9.17) is 0 Å². The number of halogens is 1. The Morgan fingerprint density at radius 2 is 1.76 bits per heavy atom. The van der Waals surface area contributed by atoms with E-state index in [1.807, 2.05) is 4.90 Å². The molecule has 0 spiro atoms. The zero-order valence-electron chi connectivity index (χ0n) is 13.3. The van der Waals surface area contributed by atoms with Crippen LogP contribution < -0.4 is 4.90 Å². The van der Waals surface area contributed by atoms with E-state index in [9.17, 15) is 19.3 Å². The van der Waals surface area contributed by atoms with Crippen molar-refractivity contribution < 1.29 is 14.1 Å². The molecule has 0 radical (unpaired) electrons. The monoisotopic (exact) mass is 345 g/mol. The van der Waals surface area contributed by atoms with Crippen molar-refractivity contribution >= 4 is 17.5 Å². The summed E-state index contributed by atoms with van der Waals surface area (Å²) in [6.07, 6.45) is 3.07. The van der Waals surface area contributed by atoms with Gasteiger partial charge in [0.1, 0.15) is 18.2 Å². The Morgan fingerprint density at radius 1 is 1.08 bits per heavy atom. The van der Waals surface area contributed by atoms with Gasteiger partial charge in [0, 0.05) is 31.7 Å².